The van der Waals surface area contributed by atoms with E-state index in [2.05, 4.69) is 32.1 Å². The van der Waals surface area contributed by atoms with Crippen molar-refractivity contribution in [3.05, 3.63) is 164 Å². The second-order valence-corrected chi connectivity index (χ2v) is 12.7. The van der Waals surface area contributed by atoms with Gasteiger partial charge in [0.25, 0.3) is 5.91 Å². The van der Waals surface area contributed by atoms with Crippen LogP contribution in [-0.4, -0.2) is 59.1 Å². The van der Waals surface area contributed by atoms with Crippen LogP contribution in [0.3, 0.4) is 0 Å². The maximum absolute atomic E-state index is 13.6. The number of rotatable bonds is 13. The van der Waals surface area contributed by atoms with Crippen LogP contribution in [0.15, 0.2) is 121 Å². The quantitative estimate of drug-likeness (QED) is 0.0904. The van der Waals surface area contributed by atoms with Gasteiger partial charge in [0.2, 0.25) is 0 Å². The molecule has 2 N–H and O–H groups in total. The van der Waals surface area contributed by atoms with Crippen molar-refractivity contribution in [2.24, 2.45) is 0 Å². The number of benzene rings is 5. The van der Waals surface area contributed by atoms with E-state index >= 15 is 0 Å². The summed E-state index contributed by atoms with van der Waals surface area (Å²) in [7, 11) is 2.62. The molecule has 5 aromatic rings. The molecule has 0 bridgehead atoms. The van der Waals surface area contributed by atoms with Gasteiger partial charge in [-0.05, 0) is 106 Å². The molecule has 0 fully saturated rings. The second-order valence-electron chi connectivity index (χ2n) is 11.5. The Morgan fingerprint density at radius 1 is 0.623 bits per heavy atom. The Morgan fingerprint density at radius 3 is 1.77 bits per heavy atom. The zero-order chi connectivity index (χ0) is 38.3. The van der Waals surface area contributed by atoms with Gasteiger partial charge in [-0.15, -0.1) is 0 Å². The molecule has 1 amide bonds. The molecule has 5 rings (SSSR count). The molecule has 0 spiro atoms. The first-order chi connectivity index (χ1) is 25.5. The Balaban J connectivity index is 0.000000328. The van der Waals surface area contributed by atoms with Crippen LogP contribution in [-0.2, 0) is 45.0 Å². The molecule has 0 aliphatic heterocycles. The Bertz CT molecular complexity index is 2050. The predicted octanol–water partition coefficient (Wildman–Crippen LogP) is 7.44. The highest BCUT2D eigenvalue weighted by atomic mass is 127. The third kappa shape index (κ3) is 12.0. The summed E-state index contributed by atoms with van der Waals surface area (Å²) in [6.07, 6.45) is -0.428. The molecule has 0 aliphatic carbocycles. The molecular formula is C41H36INO10. The Morgan fingerprint density at radius 2 is 1.19 bits per heavy atom. The van der Waals surface area contributed by atoms with E-state index in [-0.39, 0.29) is 41.5 Å². The normalized spacial score (nSPS) is 10.2. The molecule has 0 saturated carbocycles. The number of hydrogen-bond acceptors (Lipinski definition) is 8. The van der Waals surface area contributed by atoms with E-state index in [1.165, 1.54) is 32.4 Å². The van der Waals surface area contributed by atoms with Gasteiger partial charge in [-0.2, -0.15) is 0 Å². The average Bonchev–Trinajstić information content (AvgIpc) is 3.15. The van der Waals surface area contributed by atoms with Crippen LogP contribution in [0.2, 0.25) is 0 Å². The molecule has 0 heterocycles. The minimum Gasteiger partial charge on any atom is -0.481 e. The fraction of sp³-hybridized carbons (Fsp3) is 0.146. The number of esters is 2. The lowest BCUT2D eigenvalue weighted by Crippen LogP contribution is -2.30. The van der Waals surface area contributed by atoms with Gasteiger partial charge in [-0.1, -0.05) is 60.7 Å². The SMILES string of the molecule is COC(=O)Cc1cc(I)ccc1C(=O)OC.O=C(O)Cc1cc(C(=O)N(Cc2ccccc2)Cc2ccc(Oc3ccccc3)cc2)ccc1C(=O)O. The maximum Gasteiger partial charge on any atom is 0.338 e. The van der Waals surface area contributed by atoms with Crippen LogP contribution in [0, 0.1) is 3.57 Å². The third-order valence-electron chi connectivity index (χ3n) is 7.74. The topological polar surface area (TPSA) is 157 Å². The molecule has 12 heteroatoms. The number of carboxylic acids is 2. The summed E-state index contributed by atoms with van der Waals surface area (Å²) in [5, 5.41) is 18.6. The van der Waals surface area contributed by atoms with Gasteiger partial charge in [0, 0.05) is 22.2 Å². The van der Waals surface area contributed by atoms with E-state index in [1.54, 1.807) is 23.1 Å². The summed E-state index contributed by atoms with van der Waals surface area (Å²) < 4.78 is 16.0. The molecular weight excluding hydrogens is 793 g/mol. The van der Waals surface area contributed by atoms with Crippen LogP contribution in [0.25, 0.3) is 0 Å². The van der Waals surface area contributed by atoms with E-state index in [9.17, 15) is 34.2 Å². The molecule has 0 saturated heterocycles. The number of ether oxygens (including phenoxy) is 3. The van der Waals surface area contributed by atoms with Gasteiger partial charge in [-0.25, -0.2) is 9.59 Å². The zero-order valence-corrected chi connectivity index (χ0v) is 31.0. The summed E-state index contributed by atoms with van der Waals surface area (Å²) in [6.45, 7) is 0.602. The van der Waals surface area contributed by atoms with Crippen molar-refractivity contribution in [3.8, 4) is 11.5 Å². The minimum absolute atomic E-state index is 0.0672. The number of para-hydroxylation sites is 1. The van der Waals surface area contributed by atoms with Crippen LogP contribution in [0.1, 0.15) is 53.3 Å². The highest BCUT2D eigenvalue weighted by Gasteiger charge is 2.21. The van der Waals surface area contributed by atoms with Crippen molar-refractivity contribution >= 4 is 52.4 Å². The van der Waals surface area contributed by atoms with Gasteiger partial charge in [0.15, 0.2) is 0 Å². The molecule has 53 heavy (non-hydrogen) atoms. The van der Waals surface area contributed by atoms with Crippen LogP contribution in [0.5, 0.6) is 11.5 Å². The molecule has 272 valence electrons. The lowest BCUT2D eigenvalue weighted by molar-refractivity contribution is -0.140. The van der Waals surface area contributed by atoms with Crippen molar-refractivity contribution in [1.29, 1.82) is 0 Å². The molecule has 0 atom stereocenters. The van der Waals surface area contributed by atoms with Crippen molar-refractivity contribution < 1.29 is 48.4 Å². The standard InChI is InChI=1S/C30H25NO6.C11H11IO4/c32-28(33)18-24-17-23(13-16-27(24)30(35)36)29(34)31(19-21-7-3-1-4-8-21)20-22-11-14-26(15-12-22)37-25-9-5-2-6-10-25;1-15-10(13)6-7-5-8(12)3-4-9(7)11(14)16-2/h1-17H,18-20H2,(H,32,33)(H,35,36);3-5H,6H2,1-2H3. The van der Waals surface area contributed by atoms with E-state index in [1.807, 2.05) is 84.9 Å². The molecule has 0 aromatic heterocycles. The van der Waals surface area contributed by atoms with Gasteiger partial charge in [-0.3, -0.25) is 14.4 Å². The number of carbonyl (C=O) groups excluding carboxylic acids is 3. The van der Waals surface area contributed by atoms with Crippen LogP contribution < -0.4 is 4.74 Å². The van der Waals surface area contributed by atoms with Crippen molar-refractivity contribution in [1.82, 2.24) is 4.90 Å². The number of methoxy groups -OCH3 is 2. The molecule has 0 radical (unpaired) electrons. The van der Waals surface area contributed by atoms with Crippen molar-refractivity contribution in [2.75, 3.05) is 14.2 Å². The van der Waals surface area contributed by atoms with Gasteiger partial charge < -0.3 is 29.3 Å². The van der Waals surface area contributed by atoms with E-state index in [0.29, 0.717) is 23.4 Å². The minimum atomic E-state index is -1.24. The van der Waals surface area contributed by atoms with Gasteiger partial charge >= 0.3 is 23.9 Å². The molecule has 0 aliphatic rings. The number of nitrogens with zero attached hydrogens (tertiary/aromatic N) is 1. The van der Waals surface area contributed by atoms with Gasteiger partial charge in [0.05, 0.1) is 38.2 Å². The fourth-order valence-corrected chi connectivity index (χ4v) is 5.74. The summed E-state index contributed by atoms with van der Waals surface area (Å²) in [5.41, 5.74) is 2.97. The van der Waals surface area contributed by atoms with Crippen molar-refractivity contribution in [3.63, 3.8) is 0 Å². The first-order valence-corrected chi connectivity index (χ1v) is 17.2. The highest BCUT2D eigenvalue weighted by Crippen LogP contribution is 2.23. The Hall–Kier alpha value is -6.02. The van der Waals surface area contributed by atoms with Crippen LogP contribution in [0.4, 0.5) is 0 Å². The second kappa shape index (κ2) is 19.6. The monoisotopic (exact) mass is 829 g/mol. The number of hydrogen-bond donors (Lipinski definition) is 2. The van der Waals surface area contributed by atoms with E-state index < -0.39 is 24.3 Å². The summed E-state index contributed by atoms with van der Waals surface area (Å²) in [5.74, 6) is -2.20. The number of aliphatic carboxylic acids is 1. The fourth-order valence-electron chi connectivity index (χ4n) is 5.18. The first-order valence-electron chi connectivity index (χ1n) is 16.1. The lowest BCUT2D eigenvalue weighted by atomic mass is 10.00. The van der Waals surface area contributed by atoms with Crippen LogP contribution >= 0.6 is 22.6 Å². The molecule has 5 aromatic carbocycles. The smallest absolute Gasteiger partial charge is 0.338 e. The van der Waals surface area contributed by atoms with Crippen molar-refractivity contribution in [2.45, 2.75) is 25.9 Å². The maximum atomic E-state index is 13.6. The number of halogens is 1. The Labute approximate surface area is 319 Å². The molecule has 0 unspecified atom stereocenters. The molecule has 11 nitrogen and oxygen atoms in total. The van der Waals surface area contributed by atoms with Gasteiger partial charge in [0.1, 0.15) is 11.5 Å². The third-order valence-corrected chi connectivity index (χ3v) is 8.41. The average molecular weight is 830 g/mol. The number of carboxylic acid groups (broad SMARTS) is 2. The lowest BCUT2D eigenvalue weighted by Gasteiger charge is -2.24. The predicted molar refractivity (Wildman–Crippen MR) is 204 cm³/mol. The zero-order valence-electron chi connectivity index (χ0n) is 28.9. The number of aromatic carboxylic acids is 1. The van der Waals surface area contributed by atoms with E-state index in [0.717, 1.165) is 20.4 Å². The summed E-state index contributed by atoms with van der Waals surface area (Å²) in [6, 6.07) is 35.6. The number of carbonyl (C=O) groups is 5. The Kier molecular flexibility index (Phi) is 14.7. The first kappa shape index (κ1) is 39.8. The summed E-state index contributed by atoms with van der Waals surface area (Å²) in [4.78, 5) is 60.7. The van der Waals surface area contributed by atoms with E-state index in [4.69, 9.17) is 4.74 Å². The highest BCUT2D eigenvalue weighted by molar-refractivity contribution is 14.1. The summed E-state index contributed by atoms with van der Waals surface area (Å²) >= 11 is 2.11. The number of amides is 1. The largest absolute Gasteiger partial charge is 0.481 e.